The largest absolute Gasteiger partial charge is 0.0658 e. The van der Waals surface area contributed by atoms with Gasteiger partial charge >= 0.3 is 0 Å². The second-order valence-corrected chi connectivity index (χ2v) is 4.04. The average molecular weight is 144 g/mol. The Hall–Kier alpha value is 0.217. The van der Waals surface area contributed by atoms with Crippen molar-refractivity contribution in [2.75, 3.05) is 0 Å². The van der Waals surface area contributed by atoms with Crippen LogP contribution < -0.4 is 0 Å². The minimum absolute atomic E-state index is 0.990. The molecule has 0 saturated carbocycles. The summed E-state index contributed by atoms with van der Waals surface area (Å²) in [6.45, 7) is 4.65. The molecule has 0 nitrogen and oxygen atoms in total. The van der Waals surface area contributed by atoms with Gasteiger partial charge in [0.1, 0.15) is 0 Å². The van der Waals surface area contributed by atoms with Gasteiger partial charge in [0.15, 0.2) is 0 Å². The molecule has 0 bridgehead atoms. The Morgan fingerprint density at radius 1 is 1.33 bits per heavy atom. The van der Waals surface area contributed by atoms with Crippen LogP contribution in [0.2, 0.25) is 6.04 Å². The lowest BCUT2D eigenvalue weighted by molar-refractivity contribution is 0.480. The van der Waals surface area contributed by atoms with E-state index in [1.807, 2.05) is 0 Å². The second-order valence-electron chi connectivity index (χ2n) is 3.04. The molecule has 0 aromatic carbocycles. The summed E-state index contributed by atoms with van der Waals surface area (Å²) in [5.74, 6) is 0.990. The van der Waals surface area contributed by atoms with Crippen LogP contribution in [0.1, 0.15) is 39.5 Å². The molecule has 1 unspecified atom stereocenters. The number of hydrogen-bond donors (Lipinski definition) is 0. The molecule has 0 spiro atoms. The van der Waals surface area contributed by atoms with Gasteiger partial charge in [0.25, 0.3) is 0 Å². The number of hydrogen-bond acceptors (Lipinski definition) is 0. The van der Waals surface area contributed by atoms with E-state index in [9.17, 15) is 0 Å². The highest BCUT2D eigenvalue weighted by atomic mass is 28.1. The van der Waals surface area contributed by atoms with Crippen molar-refractivity contribution in [3.63, 3.8) is 0 Å². The Morgan fingerprint density at radius 3 is 2.44 bits per heavy atom. The van der Waals surface area contributed by atoms with Crippen LogP contribution in [0.25, 0.3) is 0 Å². The van der Waals surface area contributed by atoms with E-state index in [1.54, 1.807) is 0 Å². The Bertz CT molecular complexity index is 52.5. The fraction of sp³-hybridized carbons (Fsp3) is 1.00. The fourth-order valence-electron chi connectivity index (χ4n) is 1.19. The second kappa shape index (κ2) is 6.34. The smallest absolute Gasteiger partial charge is 0.00279 e. The molecular weight excluding hydrogens is 124 g/mol. The highest BCUT2D eigenvalue weighted by molar-refractivity contribution is 6.08. The van der Waals surface area contributed by atoms with E-state index in [4.69, 9.17) is 0 Å². The van der Waals surface area contributed by atoms with Gasteiger partial charge in [0, 0.05) is 10.2 Å². The average Bonchev–Trinajstić information content (AvgIpc) is 1.85. The first-order chi connectivity index (χ1) is 4.31. The van der Waals surface area contributed by atoms with Crippen molar-refractivity contribution in [2.24, 2.45) is 5.92 Å². The van der Waals surface area contributed by atoms with Crippen LogP contribution in [0.4, 0.5) is 0 Å². The molecule has 9 heavy (non-hydrogen) atoms. The molecule has 0 aliphatic heterocycles. The molecule has 1 heteroatoms. The summed E-state index contributed by atoms with van der Waals surface area (Å²) in [6.07, 6.45) is 5.74. The highest BCUT2D eigenvalue weighted by Crippen LogP contribution is 2.12. The SMILES string of the molecule is CCCC(C)CCC[SiH3]. The van der Waals surface area contributed by atoms with Crippen molar-refractivity contribution < 1.29 is 0 Å². The first-order valence-electron chi connectivity index (χ1n) is 4.31. The molecule has 1 atom stereocenters. The van der Waals surface area contributed by atoms with Crippen LogP contribution in [-0.4, -0.2) is 10.2 Å². The monoisotopic (exact) mass is 144 g/mol. The standard InChI is InChI=1S/C8H20Si/c1-3-5-8(2)6-4-7-9/h8H,3-7H2,1-2,9H3. The normalized spacial score (nSPS) is 14.0. The molecule has 0 N–H and O–H groups in total. The zero-order chi connectivity index (χ0) is 7.11. The highest BCUT2D eigenvalue weighted by Gasteiger charge is 1.97. The first-order valence-corrected chi connectivity index (χ1v) is 5.72. The van der Waals surface area contributed by atoms with Crippen molar-refractivity contribution in [3.8, 4) is 0 Å². The molecule has 0 aliphatic carbocycles. The third-order valence-corrected chi connectivity index (χ3v) is 2.54. The van der Waals surface area contributed by atoms with Gasteiger partial charge in [-0.3, -0.25) is 0 Å². The summed E-state index contributed by atoms with van der Waals surface area (Å²) in [6, 6.07) is 1.49. The molecule has 0 aliphatic rings. The predicted molar refractivity (Wildman–Crippen MR) is 48.1 cm³/mol. The molecule has 0 saturated heterocycles. The third-order valence-electron chi connectivity index (χ3n) is 1.83. The molecule has 0 radical (unpaired) electrons. The Balaban J connectivity index is 2.95. The van der Waals surface area contributed by atoms with E-state index < -0.39 is 0 Å². The van der Waals surface area contributed by atoms with Crippen LogP contribution in [0.3, 0.4) is 0 Å². The van der Waals surface area contributed by atoms with E-state index in [0.29, 0.717) is 0 Å². The zero-order valence-corrected chi connectivity index (χ0v) is 9.11. The summed E-state index contributed by atoms with van der Waals surface area (Å²) >= 11 is 0. The van der Waals surface area contributed by atoms with Crippen molar-refractivity contribution in [1.29, 1.82) is 0 Å². The Labute approximate surface area is 62.5 Å². The summed E-state index contributed by atoms with van der Waals surface area (Å²) in [5.41, 5.74) is 0. The maximum Gasteiger partial charge on any atom is 0.00279 e. The van der Waals surface area contributed by atoms with Gasteiger partial charge < -0.3 is 0 Å². The van der Waals surface area contributed by atoms with Gasteiger partial charge in [-0.2, -0.15) is 0 Å². The molecule has 0 amide bonds. The molecule has 0 fully saturated rings. The van der Waals surface area contributed by atoms with Gasteiger partial charge in [-0.15, -0.1) is 0 Å². The van der Waals surface area contributed by atoms with Gasteiger partial charge in [0.05, 0.1) is 0 Å². The van der Waals surface area contributed by atoms with Crippen molar-refractivity contribution in [2.45, 2.75) is 45.6 Å². The predicted octanol–water partition coefficient (Wildman–Crippen LogP) is 1.99. The quantitative estimate of drug-likeness (QED) is 0.518. The summed E-state index contributed by atoms with van der Waals surface area (Å²) in [5, 5.41) is 0. The topological polar surface area (TPSA) is 0 Å². The van der Waals surface area contributed by atoms with Crippen molar-refractivity contribution in [1.82, 2.24) is 0 Å². The fourth-order valence-corrected chi connectivity index (χ4v) is 1.60. The third kappa shape index (κ3) is 6.10. The summed E-state index contributed by atoms with van der Waals surface area (Å²) in [4.78, 5) is 0. The summed E-state index contributed by atoms with van der Waals surface area (Å²) in [7, 11) is 1.40. The van der Waals surface area contributed by atoms with E-state index in [2.05, 4.69) is 13.8 Å². The maximum absolute atomic E-state index is 2.38. The Morgan fingerprint density at radius 2 is 2.00 bits per heavy atom. The lowest BCUT2D eigenvalue weighted by Crippen LogP contribution is -1.92. The molecule has 56 valence electrons. The van der Waals surface area contributed by atoms with Crippen LogP contribution in [0.5, 0.6) is 0 Å². The van der Waals surface area contributed by atoms with Gasteiger partial charge in [0.2, 0.25) is 0 Å². The molecular formula is C8H20Si. The van der Waals surface area contributed by atoms with Crippen molar-refractivity contribution >= 4 is 10.2 Å². The minimum atomic E-state index is 0.990. The van der Waals surface area contributed by atoms with Crippen LogP contribution in [0.15, 0.2) is 0 Å². The molecule has 0 aromatic heterocycles. The maximum atomic E-state index is 2.38. The zero-order valence-electron chi connectivity index (χ0n) is 7.11. The van der Waals surface area contributed by atoms with E-state index in [0.717, 1.165) is 5.92 Å². The summed E-state index contributed by atoms with van der Waals surface area (Å²) < 4.78 is 0. The van der Waals surface area contributed by atoms with Gasteiger partial charge in [-0.05, 0) is 5.92 Å². The van der Waals surface area contributed by atoms with Gasteiger partial charge in [-0.25, -0.2) is 0 Å². The minimum Gasteiger partial charge on any atom is -0.0658 e. The molecule has 0 aromatic rings. The van der Waals surface area contributed by atoms with Crippen LogP contribution >= 0.6 is 0 Å². The first kappa shape index (κ1) is 9.22. The molecule has 0 heterocycles. The van der Waals surface area contributed by atoms with E-state index >= 15 is 0 Å². The van der Waals surface area contributed by atoms with Crippen LogP contribution in [-0.2, 0) is 0 Å². The number of rotatable bonds is 5. The van der Waals surface area contributed by atoms with Crippen LogP contribution in [0, 0.1) is 5.92 Å². The molecule has 0 rings (SSSR count). The van der Waals surface area contributed by atoms with Gasteiger partial charge in [-0.1, -0.05) is 45.6 Å². The lowest BCUT2D eigenvalue weighted by atomic mass is 10.0. The van der Waals surface area contributed by atoms with E-state index in [1.165, 1.54) is 42.0 Å². The van der Waals surface area contributed by atoms with E-state index in [-0.39, 0.29) is 0 Å². The lowest BCUT2D eigenvalue weighted by Gasteiger charge is -2.07. The van der Waals surface area contributed by atoms with Crippen molar-refractivity contribution in [3.05, 3.63) is 0 Å². The Kier molecular flexibility index (Phi) is 6.49.